The van der Waals surface area contributed by atoms with Crippen molar-refractivity contribution in [1.29, 1.82) is 0 Å². The molecule has 2 amide bonds. The summed E-state index contributed by atoms with van der Waals surface area (Å²) in [4.78, 5) is 29.8. The minimum atomic E-state index is -3.73. The van der Waals surface area contributed by atoms with Gasteiger partial charge in [-0.15, -0.1) is 11.3 Å². The van der Waals surface area contributed by atoms with Crippen LogP contribution in [0.5, 0.6) is 0 Å². The van der Waals surface area contributed by atoms with Crippen LogP contribution in [0.1, 0.15) is 20.7 Å². The molecule has 28 heavy (non-hydrogen) atoms. The highest BCUT2D eigenvalue weighted by molar-refractivity contribution is 7.93. The van der Waals surface area contributed by atoms with Gasteiger partial charge in [-0.3, -0.25) is 19.2 Å². The van der Waals surface area contributed by atoms with Crippen LogP contribution in [-0.4, -0.2) is 36.8 Å². The van der Waals surface area contributed by atoms with Gasteiger partial charge in [0.25, 0.3) is 21.8 Å². The summed E-state index contributed by atoms with van der Waals surface area (Å²) in [6.45, 7) is -0.0180. The Kier molecular flexibility index (Phi) is 4.57. The second kappa shape index (κ2) is 7.06. The maximum absolute atomic E-state index is 12.3. The molecule has 10 heteroatoms. The van der Waals surface area contributed by atoms with Crippen LogP contribution in [0.25, 0.3) is 0 Å². The Labute approximate surface area is 164 Å². The van der Waals surface area contributed by atoms with Crippen LogP contribution in [-0.2, 0) is 10.0 Å². The van der Waals surface area contributed by atoms with Gasteiger partial charge in [-0.1, -0.05) is 12.1 Å². The molecule has 4 rings (SSSR count). The van der Waals surface area contributed by atoms with Gasteiger partial charge >= 0.3 is 0 Å². The van der Waals surface area contributed by atoms with Gasteiger partial charge in [-0.05, 0) is 36.4 Å². The van der Waals surface area contributed by atoms with E-state index in [0.717, 1.165) is 4.90 Å². The molecule has 1 aliphatic rings. The zero-order chi connectivity index (χ0) is 19.7. The molecule has 3 aromatic rings. The molecular weight excluding hydrogens is 400 g/mol. The highest BCUT2D eigenvalue weighted by Crippen LogP contribution is 2.23. The third kappa shape index (κ3) is 3.35. The summed E-state index contributed by atoms with van der Waals surface area (Å²) >= 11 is 1.18. The van der Waals surface area contributed by atoms with E-state index in [4.69, 9.17) is 0 Å². The number of sulfonamides is 1. The number of aromatic nitrogens is 1. The Bertz CT molecular complexity index is 1110. The van der Waals surface area contributed by atoms with Gasteiger partial charge in [0.15, 0.2) is 5.13 Å². The zero-order valence-corrected chi connectivity index (χ0v) is 16.0. The summed E-state index contributed by atoms with van der Waals surface area (Å²) in [7, 11) is -3.73. The number of anilines is 2. The van der Waals surface area contributed by atoms with Crippen molar-refractivity contribution in [2.75, 3.05) is 16.7 Å². The molecule has 0 atom stereocenters. The number of hydrogen-bond donors (Lipinski definition) is 2. The van der Waals surface area contributed by atoms with Crippen molar-refractivity contribution in [2.45, 2.75) is 4.90 Å². The van der Waals surface area contributed by atoms with E-state index in [1.165, 1.54) is 29.7 Å². The average Bonchev–Trinajstić information content (AvgIpc) is 3.28. The molecular formula is C18H14N4O4S2. The summed E-state index contributed by atoms with van der Waals surface area (Å²) in [6, 6.07) is 12.6. The van der Waals surface area contributed by atoms with Crippen LogP contribution in [0.15, 0.2) is 65.0 Å². The van der Waals surface area contributed by atoms with Gasteiger partial charge < -0.3 is 5.32 Å². The van der Waals surface area contributed by atoms with E-state index >= 15 is 0 Å². The highest BCUT2D eigenvalue weighted by atomic mass is 32.2. The Hall–Kier alpha value is -3.24. The average molecular weight is 414 g/mol. The first-order valence-electron chi connectivity index (χ1n) is 8.17. The molecule has 142 valence electrons. The van der Waals surface area contributed by atoms with Gasteiger partial charge in [-0.25, -0.2) is 13.4 Å². The number of thiazole rings is 1. The molecule has 2 N–H and O–H groups in total. The van der Waals surface area contributed by atoms with E-state index < -0.39 is 10.0 Å². The lowest BCUT2D eigenvalue weighted by molar-refractivity contribution is 0.0666. The fourth-order valence-electron chi connectivity index (χ4n) is 2.75. The minimum Gasteiger partial charge on any atom is -0.367 e. The van der Waals surface area contributed by atoms with Crippen molar-refractivity contribution in [3.05, 3.63) is 71.2 Å². The zero-order valence-electron chi connectivity index (χ0n) is 14.3. The number of hydrogen-bond acceptors (Lipinski definition) is 7. The molecule has 0 spiro atoms. The first-order valence-corrected chi connectivity index (χ1v) is 10.5. The molecule has 0 aliphatic carbocycles. The van der Waals surface area contributed by atoms with Gasteiger partial charge in [0, 0.05) is 17.3 Å². The number of amides is 2. The number of benzene rings is 2. The van der Waals surface area contributed by atoms with Gasteiger partial charge in [-0.2, -0.15) is 0 Å². The summed E-state index contributed by atoms with van der Waals surface area (Å²) < 4.78 is 27.0. The Morgan fingerprint density at radius 1 is 0.964 bits per heavy atom. The molecule has 8 nitrogen and oxygen atoms in total. The van der Waals surface area contributed by atoms with Crippen LogP contribution in [0.2, 0.25) is 0 Å². The van der Waals surface area contributed by atoms with Crippen LogP contribution in [0.4, 0.5) is 10.8 Å². The summed E-state index contributed by atoms with van der Waals surface area (Å²) in [6.07, 6.45) is 1.51. The predicted octanol–water partition coefficient (Wildman–Crippen LogP) is 2.61. The maximum Gasteiger partial charge on any atom is 0.263 e. The van der Waals surface area contributed by atoms with E-state index in [2.05, 4.69) is 15.0 Å². The largest absolute Gasteiger partial charge is 0.367 e. The number of imide groups is 1. The first-order chi connectivity index (χ1) is 13.5. The van der Waals surface area contributed by atoms with E-state index in [0.29, 0.717) is 16.8 Å². The topological polar surface area (TPSA) is 108 Å². The number of carbonyl (C=O) groups excluding carboxylic acids is 2. The number of carbonyl (C=O) groups is 2. The second-order valence-corrected chi connectivity index (χ2v) is 8.46. The molecule has 0 saturated carbocycles. The first kappa shape index (κ1) is 18.1. The second-order valence-electron chi connectivity index (χ2n) is 5.89. The lowest BCUT2D eigenvalue weighted by atomic mass is 10.1. The molecule has 0 radical (unpaired) electrons. The van der Waals surface area contributed by atoms with Crippen LogP contribution in [0, 0.1) is 0 Å². The van der Waals surface area contributed by atoms with Crippen LogP contribution >= 0.6 is 11.3 Å². The molecule has 0 unspecified atom stereocenters. The number of fused-ring (bicyclic) bond motifs is 1. The van der Waals surface area contributed by atoms with Crippen molar-refractivity contribution in [3.63, 3.8) is 0 Å². The highest BCUT2D eigenvalue weighted by Gasteiger charge is 2.34. The molecule has 2 heterocycles. The fraction of sp³-hybridized carbons (Fsp3) is 0.0556. The SMILES string of the molecule is O=C1c2ccccc2C(=O)N1CNc1ccc(S(=O)(=O)Nc2nccs2)cc1. The van der Waals surface area contributed by atoms with Crippen molar-refractivity contribution < 1.29 is 18.0 Å². The van der Waals surface area contributed by atoms with E-state index in [1.54, 1.807) is 41.8 Å². The van der Waals surface area contributed by atoms with Crippen molar-refractivity contribution in [2.24, 2.45) is 0 Å². The fourth-order valence-corrected chi connectivity index (χ4v) is 4.54. The number of nitrogens with zero attached hydrogens (tertiary/aromatic N) is 2. The molecule has 1 aromatic heterocycles. The Balaban J connectivity index is 1.43. The molecule has 0 bridgehead atoms. The van der Waals surface area contributed by atoms with E-state index in [9.17, 15) is 18.0 Å². The Morgan fingerprint density at radius 3 is 2.18 bits per heavy atom. The lowest BCUT2D eigenvalue weighted by Crippen LogP contribution is -2.34. The minimum absolute atomic E-state index is 0.0180. The summed E-state index contributed by atoms with van der Waals surface area (Å²) in [5.41, 5.74) is 1.33. The molecule has 1 aliphatic heterocycles. The number of nitrogens with one attached hydrogen (secondary N) is 2. The monoisotopic (exact) mass is 414 g/mol. The summed E-state index contributed by atoms with van der Waals surface area (Å²) in [5.74, 6) is -0.722. The van der Waals surface area contributed by atoms with Crippen molar-refractivity contribution in [1.82, 2.24) is 9.88 Å². The van der Waals surface area contributed by atoms with Gasteiger partial charge in [0.2, 0.25) is 0 Å². The third-order valence-electron chi connectivity index (χ3n) is 4.14. The van der Waals surface area contributed by atoms with Gasteiger partial charge in [0.05, 0.1) is 22.7 Å². The normalized spacial score (nSPS) is 13.5. The van der Waals surface area contributed by atoms with Gasteiger partial charge in [0.1, 0.15) is 0 Å². The summed E-state index contributed by atoms with van der Waals surface area (Å²) in [5, 5.41) is 4.92. The van der Waals surface area contributed by atoms with E-state index in [-0.39, 0.29) is 28.5 Å². The quantitative estimate of drug-likeness (QED) is 0.600. The molecule has 0 saturated heterocycles. The van der Waals surface area contributed by atoms with E-state index in [1.807, 2.05) is 0 Å². The van der Waals surface area contributed by atoms with Crippen LogP contribution in [0.3, 0.4) is 0 Å². The predicted molar refractivity (Wildman–Crippen MR) is 105 cm³/mol. The molecule has 2 aromatic carbocycles. The van der Waals surface area contributed by atoms with Crippen LogP contribution < -0.4 is 10.0 Å². The Morgan fingerprint density at radius 2 is 1.61 bits per heavy atom. The smallest absolute Gasteiger partial charge is 0.263 e. The third-order valence-corrected chi connectivity index (χ3v) is 6.31. The molecule has 0 fully saturated rings. The lowest BCUT2D eigenvalue weighted by Gasteiger charge is -2.16. The maximum atomic E-state index is 12.3. The number of rotatable bonds is 6. The van der Waals surface area contributed by atoms with Crippen molar-refractivity contribution >= 4 is 44.0 Å². The standard InChI is InChI=1S/C18H14N4O4S2/c23-16-14-3-1-2-4-15(14)17(24)22(16)11-20-12-5-7-13(8-6-12)28(25,26)21-18-19-9-10-27-18/h1-10,20H,11H2,(H,19,21). The van der Waals surface area contributed by atoms with Crippen molar-refractivity contribution in [3.8, 4) is 0 Å².